The smallest absolute Gasteiger partial charge is 0.179 e. The van der Waals surface area contributed by atoms with Gasteiger partial charge in [-0.2, -0.15) is 0 Å². The van der Waals surface area contributed by atoms with Gasteiger partial charge in [-0.3, -0.25) is 4.90 Å². The summed E-state index contributed by atoms with van der Waals surface area (Å²) in [7, 11) is 0. The fourth-order valence-electron chi connectivity index (χ4n) is 2.87. The predicted octanol–water partition coefficient (Wildman–Crippen LogP) is 1.44. The number of fused-ring (bicyclic) bond motifs is 1. The van der Waals surface area contributed by atoms with Crippen LogP contribution in [0.3, 0.4) is 0 Å². The first-order valence-electron chi connectivity index (χ1n) is 7.44. The standard InChI is InChI=1S/C15H21ClN2O3/c16-12-8-11(9-14-15(12)21-7-1-6-20-14)13(10-19)18-4-2-17-3-5-18/h8-9,13,17,19H,1-7,10H2. The molecule has 1 saturated heterocycles. The quantitative estimate of drug-likeness (QED) is 0.884. The Labute approximate surface area is 129 Å². The molecule has 2 N–H and O–H groups in total. The van der Waals surface area contributed by atoms with Crippen molar-refractivity contribution < 1.29 is 14.6 Å². The van der Waals surface area contributed by atoms with E-state index in [2.05, 4.69) is 10.2 Å². The van der Waals surface area contributed by atoms with E-state index in [1.54, 1.807) is 0 Å². The van der Waals surface area contributed by atoms with Crippen LogP contribution in [0.1, 0.15) is 18.0 Å². The van der Waals surface area contributed by atoms with Crippen molar-refractivity contribution in [3.63, 3.8) is 0 Å². The summed E-state index contributed by atoms with van der Waals surface area (Å²) in [6.45, 7) is 5.02. The maximum absolute atomic E-state index is 9.81. The van der Waals surface area contributed by atoms with Crippen molar-refractivity contribution in [2.24, 2.45) is 0 Å². The molecule has 0 aromatic heterocycles. The number of ether oxygens (including phenoxy) is 2. The number of hydrogen-bond donors (Lipinski definition) is 2. The van der Waals surface area contributed by atoms with Crippen LogP contribution in [0.2, 0.25) is 5.02 Å². The molecule has 2 aliphatic rings. The Morgan fingerprint density at radius 2 is 2.00 bits per heavy atom. The third kappa shape index (κ3) is 3.26. The summed E-state index contributed by atoms with van der Waals surface area (Å²) >= 11 is 6.34. The molecular formula is C15H21ClN2O3. The monoisotopic (exact) mass is 312 g/mol. The highest BCUT2D eigenvalue weighted by molar-refractivity contribution is 6.32. The number of rotatable bonds is 3. The summed E-state index contributed by atoms with van der Waals surface area (Å²) < 4.78 is 11.4. The van der Waals surface area contributed by atoms with Gasteiger partial charge in [-0.15, -0.1) is 0 Å². The molecule has 1 aromatic rings. The summed E-state index contributed by atoms with van der Waals surface area (Å²) in [6.07, 6.45) is 0.849. The van der Waals surface area contributed by atoms with E-state index in [4.69, 9.17) is 21.1 Å². The van der Waals surface area contributed by atoms with Crippen molar-refractivity contribution in [1.82, 2.24) is 10.2 Å². The molecule has 5 nitrogen and oxygen atoms in total. The first-order valence-corrected chi connectivity index (χ1v) is 7.82. The van der Waals surface area contributed by atoms with Crippen LogP contribution in [0.4, 0.5) is 0 Å². The molecule has 1 unspecified atom stereocenters. The van der Waals surface area contributed by atoms with Gasteiger partial charge in [0.1, 0.15) is 0 Å². The lowest BCUT2D eigenvalue weighted by molar-refractivity contribution is 0.110. The van der Waals surface area contributed by atoms with Gasteiger partial charge >= 0.3 is 0 Å². The van der Waals surface area contributed by atoms with Crippen LogP contribution in [0.25, 0.3) is 0 Å². The summed E-state index contributed by atoms with van der Waals surface area (Å²) in [6, 6.07) is 3.79. The predicted molar refractivity (Wildman–Crippen MR) is 81.3 cm³/mol. The molecule has 0 spiro atoms. The Balaban J connectivity index is 1.89. The molecule has 3 rings (SSSR count). The molecule has 0 aliphatic carbocycles. The van der Waals surface area contributed by atoms with E-state index < -0.39 is 0 Å². The second-order valence-electron chi connectivity index (χ2n) is 5.36. The highest BCUT2D eigenvalue weighted by Crippen LogP contribution is 2.40. The Bertz CT molecular complexity index is 492. The molecule has 116 valence electrons. The number of nitrogens with one attached hydrogen (secondary N) is 1. The average Bonchev–Trinajstić information content (AvgIpc) is 2.75. The Hall–Kier alpha value is -1.01. The molecule has 1 atom stereocenters. The molecule has 1 fully saturated rings. The van der Waals surface area contributed by atoms with Gasteiger partial charge in [-0.25, -0.2) is 0 Å². The first kappa shape index (κ1) is 14.9. The highest BCUT2D eigenvalue weighted by atomic mass is 35.5. The molecule has 0 saturated carbocycles. The van der Waals surface area contributed by atoms with E-state index in [9.17, 15) is 5.11 Å². The van der Waals surface area contributed by atoms with Crippen LogP contribution < -0.4 is 14.8 Å². The summed E-state index contributed by atoms with van der Waals surface area (Å²) in [5, 5.41) is 13.7. The van der Waals surface area contributed by atoms with Crippen LogP contribution >= 0.6 is 11.6 Å². The molecule has 0 radical (unpaired) electrons. The number of aliphatic hydroxyl groups is 1. The fourth-order valence-corrected chi connectivity index (χ4v) is 3.14. The zero-order chi connectivity index (χ0) is 14.7. The van der Waals surface area contributed by atoms with Crippen LogP contribution in [-0.2, 0) is 0 Å². The van der Waals surface area contributed by atoms with E-state index in [-0.39, 0.29) is 12.6 Å². The maximum atomic E-state index is 9.81. The van der Waals surface area contributed by atoms with Gasteiger partial charge < -0.3 is 19.9 Å². The molecule has 2 aliphatic heterocycles. The maximum Gasteiger partial charge on any atom is 0.179 e. The van der Waals surface area contributed by atoms with Crippen molar-refractivity contribution >= 4 is 11.6 Å². The molecule has 0 bridgehead atoms. The van der Waals surface area contributed by atoms with Gasteiger partial charge in [0.25, 0.3) is 0 Å². The third-order valence-corrected chi connectivity index (χ3v) is 4.26. The number of benzene rings is 1. The normalized spacial score (nSPS) is 20.9. The lowest BCUT2D eigenvalue weighted by Crippen LogP contribution is -2.46. The summed E-state index contributed by atoms with van der Waals surface area (Å²) in [5.41, 5.74) is 0.980. The summed E-state index contributed by atoms with van der Waals surface area (Å²) in [4.78, 5) is 2.27. The largest absolute Gasteiger partial charge is 0.489 e. The molecule has 6 heteroatoms. The van der Waals surface area contributed by atoms with Crippen molar-refractivity contribution in [1.29, 1.82) is 0 Å². The number of hydrogen-bond acceptors (Lipinski definition) is 5. The minimum atomic E-state index is -0.0539. The van der Waals surface area contributed by atoms with E-state index in [1.165, 1.54) is 0 Å². The van der Waals surface area contributed by atoms with Gasteiger partial charge in [-0.1, -0.05) is 11.6 Å². The van der Waals surface area contributed by atoms with Crippen LogP contribution in [-0.4, -0.2) is 56.0 Å². The summed E-state index contributed by atoms with van der Waals surface area (Å²) in [5.74, 6) is 1.30. The topological polar surface area (TPSA) is 54.0 Å². The van der Waals surface area contributed by atoms with Crippen LogP contribution in [0.15, 0.2) is 12.1 Å². The van der Waals surface area contributed by atoms with Gasteiger partial charge in [-0.05, 0) is 17.7 Å². The molecular weight excluding hydrogens is 292 g/mol. The number of piperazine rings is 1. The Kier molecular flexibility index (Phi) is 4.85. The fraction of sp³-hybridized carbons (Fsp3) is 0.600. The lowest BCUT2D eigenvalue weighted by atomic mass is 10.0. The van der Waals surface area contributed by atoms with Crippen molar-refractivity contribution in [2.75, 3.05) is 46.0 Å². The number of aliphatic hydroxyl groups excluding tert-OH is 1. The van der Waals surface area contributed by atoms with Crippen LogP contribution in [0, 0.1) is 0 Å². The molecule has 1 aromatic carbocycles. The van der Waals surface area contributed by atoms with Gasteiger partial charge in [0.2, 0.25) is 0 Å². The SMILES string of the molecule is OCC(c1cc(Cl)c2c(c1)OCCCO2)N1CCNCC1. The van der Waals surface area contributed by atoms with Gasteiger partial charge in [0.15, 0.2) is 11.5 Å². The molecule has 21 heavy (non-hydrogen) atoms. The molecule has 0 amide bonds. The number of halogens is 1. The Morgan fingerprint density at radius 1 is 1.24 bits per heavy atom. The lowest BCUT2D eigenvalue weighted by Gasteiger charge is -2.34. The van der Waals surface area contributed by atoms with E-state index in [0.29, 0.717) is 29.7 Å². The van der Waals surface area contributed by atoms with Crippen molar-refractivity contribution in [3.8, 4) is 11.5 Å². The number of nitrogens with zero attached hydrogens (tertiary/aromatic N) is 1. The van der Waals surface area contributed by atoms with E-state index in [0.717, 1.165) is 38.2 Å². The first-order chi connectivity index (χ1) is 10.3. The molecule has 2 heterocycles. The second-order valence-corrected chi connectivity index (χ2v) is 5.77. The second kappa shape index (κ2) is 6.83. The van der Waals surface area contributed by atoms with Crippen molar-refractivity contribution in [3.05, 3.63) is 22.7 Å². The minimum absolute atomic E-state index is 0.0539. The van der Waals surface area contributed by atoms with Crippen LogP contribution in [0.5, 0.6) is 11.5 Å². The van der Waals surface area contributed by atoms with Gasteiger partial charge in [0.05, 0.1) is 30.9 Å². The minimum Gasteiger partial charge on any atom is -0.489 e. The van der Waals surface area contributed by atoms with Gasteiger partial charge in [0, 0.05) is 32.6 Å². The average molecular weight is 313 g/mol. The zero-order valence-electron chi connectivity index (χ0n) is 12.0. The Morgan fingerprint density at radius 3 is 2.76 bits per heavy atom. The van der Waals surface area contributed by atoms with Crippen molar-refractivity contribution in [2.45, 2.75) is 12.5 Å². The van der Waals surface area contributed by atoms with E-state index >= 15 is 0 Å². The zero-order valence-corrected chi connectivity index (χ0v) is 12.7. The third-order valence-electron chi connectivity index (χ3n) is 3.97. The van der Waals surface area contributed by atoms with E-state index in [1.807, 2.05) is 12.1 Å². The highest BCUT2D eigenvalue weighted by Gasteiger charge is 2.24.